The molecule has 7 heteroatoms. The summed E-state index contributed by atoms with van der Waals surface area (Å²) in [6.45, 7) is 2.82. The van der Waals surface area contributed by atoms with Crippen LogP contribution in [0.25, 0.3) is 0 Å². The van der Waals surface area contributed by atoms with Gasteiger partial charge in [-0.3, -0.25) is 0 Å². The first-order valence-electron chi connectivity index (χ1n) is 7.14. The topological polar surface area (TPSA) is 82.4 Å². The van der Waals surface area contributed by atoms with Crippen molar-refractivity contribution in [3.05, 3.63) is 0 Å². The first-order chi connectivity index (χ1) is 9.49. The standard InChI is InChI=1S/C13H25N3O3S/c1-3-13(7-4-5-8-13)15-20(17,18)16(10-6-9-14)11-12-19-2/h15H,3-8,10-12H2,1-2H3. The number of hydrogen-bond acceptors (Lipinski definition) is 4. The molecule has 1 aliphatic carbocycles. The number of nitriles is 1. The van der Waals surface area contributed by atoms with E-state index in [9.17, 15) is 8.42 Å². The van der Waals surface area contributed by atoms with Gasteiger partial charge in [-0.25, -0.2) is 0 Å². The van der Waals surface area contributed by atoms with Crippen molar-refractivity contribution in [2.24, 2.45) is 0 Å². The number of nitrogens with one attached hydrogen (secondary N) is 1. The second-order valence-electron chi connectivity index (χ2n) is 5.25. The lowest BCUT2D eigenvalue weighted by molar-refractivity contribution is 0.178. The Morgan fingerprint density at radius 1 is 1.35 bits per heavy atom. The molecule has 0 atom stereocenters. The van der Waals surface area contributed by atoms with Crippen molar-refractivity contribution in [2.45, 2.75) is 51.0 Å². The molecule has 0 aromatic heterocycles. The quantitative estimate of drug-likeness (QED) is 0.698. The molecule has 0 saturated heterocycles. The van der Waals surface area contributed by atoms with E-state index in [0.29, 0.717) is 6.61 Å². The van der Waals surface area contributed by atoms with Gasteiger partial charge >= 0.3 is 0 Å². The summed E-state index contributed by atoms with van der Waals surface area (Å²) in [5.74, 6) is 0. The summed E-state index contributed by atoms with van der Waals surface area (Å²) in [6.07, 6.45) is 4.88. The van der Waals surface area contributed by atoms with E-state index in [1.54, 1.807) is 0 Å². The summed E-state index contributed by atoms with van der Waals surface area (Å²) in [7, 11) is -2.03. The first-order valence-corrected chi connectivity index (χ1v) is 8.58. The maximum Gasteiger partial charge on any atom is 0.280 e. The van der Waals surface area contributed by atoms with Gasteiger partial charge in [0.1, 0.15) is 0 Å². The summed E-state index contributed by atoms with van der Waals surface area (Å²) in [5, 5.41) is 8.66. The lowest BCUT2D eigenvalue weighted by Gasteiger charge is -2.32. The molecular formula is C13H25N3O3S. The molecule has 1 fully saturated rings. The predicted molar refractivity (Wildman–Crippen MR) is 77.2 cm³/mol. The summed E-state index contributed by atoms with van der Waals surface area (Å²) >= 11 is 0. The third kappa shape index (κ3) is 4.70. The van der Waals surface area contributed by atoms with E-state index in [1.807, 2.05) is 13.0 Å². The van der Waals surface area contributed by atoms with E-state index >= 15 is 0 Å². The Labute approximate surface area is 122 Å². The van der Waals surface area contributed by atoms with Gasteiger partial charge in [-0.1, -0.05) is 19.8 Å². The smallest absolute Gasteiger partial charge is 0.280 e. The number of rotatable bonds is 9. The van der Waals surface area contributed by atoms with Gasteiger partial charge in [0.2, 0.25) is 0 Å². The molecule has 0 radical (unpaired) electrons. The average Bonchev–Trinajstić information content (AvgIpc) is 2.87. The van der Waals surface area contributed by atoms with Gasteiger partial charge in [-0.2, -0.15) is 22.7 Å². The van der Waals surface area contributed by atoms with E-state index in [-0.39, 0.29) is 25.0 Å². The Kier molecular flexibility index (Phi) is 6.89. The van der Waals surface area contributed by atoms with Crippen LogP contribution in [0.15, 0.2) is 0 Å². The molecule has 0 heterocycles. The van der Waals surface area contributed by atoms with Gasteiger partial charge in [-0.15, -0.1) is 0 Å². The lowest BCUT2D eigenvalue weighted by Crippen LogP contribution is -2.52. The number of methoxy groups -OCH3 is 1. The second kappa shape index (κ2) is 7.93. The van der Waals surface area contributed by atoms with Gasteiger partial charge in [-0.05, 0) is 19.3 Å². The Bertz CT molecular complexity index is 425. The lowest BCUT2D eigenvalue weighted by atomic mass is 9.96. The fourth-order valence-corrected chi connectivity index (χ4v) is 4.31. The fraction of sp³-hybridized carbons (Fsp3) is 0.923. The van der Waals surface area contributed by atoms with Crippen LogP contribution in [0.3, 0.4) is 0 Å². The molecule has 1 aliphatic rings. The van der Waals surface area contributed by atoms with Gasteiger partial charge < -0.3 is 4.74 Å². The summed E-state index contributed by atoms with van der Waals surface area (Å²) in [5.41, 5.74) is -0.309. The minimum Gasteiger partial charge on any atom is -0.383 e. The number of hydrogen-bond donors (Lipinski definition) is 1. The normalized spacial score (nSPS) is 18.3. The van der Waals surface area contributed by atoms with Crippen molar-refractivity contribution < 1.29 is 13.2 Å². The van der Waals surface area contributed by atoms with Gasteiger partial charge in [0.15, 0.2) is 0 Å². The van der Waals surface area contributed by atoms with Crippen LogP contribution >= 0.6 is 0 Å². The van der Waals surface area contributed by atoms with Crippen LogP contribution in [0, 0.1) is 11.3 Å². The van der Waals surface area contributed by atoms with Crippen LogP contribution in [-0.2, 0) is 14.9 Å². The number of ether oxygens (including phenoxy) is 1. The molecule has 0 aromatic carbocycles. The zero-order valence-electron chi connectivity index (χ0n) is 12.4. The Morgan fingerprint density at radius 2 is 2.00 bits per heavy atom. The monoisotopic (exact) mass is 303 g/mol. The highest BCUT2D eigenvalue weighted by Gasteiger charge is 2.37. The van der Waals surface area contributed by atoms with Crippen LogP contribution < -0.4 is 4.72 Å². The first kappa shape index (κ1) is 17.4. The molecule has 1 rings (SSSR count). The summed E-state index contributed by atoms with van der Waals surface area (Å²) < 4.78 is 34.2. The third-order valence-corrected chi connectivity index (χ3v) is 5.68. The molecule has 0 amide bonds. The van der Waals surface area contributed by atoms with Crippen LogP contribution in [0.1, 0.15) is 45.4 Å². The highest BCUT2D eigenvalue weighted by Crippen LogP contribution is 2.33. The van der Waals surface area contributed by atoms with Crippen molar-refractivity contribution in [2.75, 3.05) is 26.8 Å². The largest absolute Gasteiger partial charge is 0.383 e. The van der Waals surface area contributed by atoms with E-state index in [4.69, 9.17) is 10.00 Å². The van der Waals surface area contributed by atoms with Crippen LogP contribution in [-0.4, -0.2) is 45.1 Å². The Balaban J connectivity index is 2.77. The minimum atomic E-state index is -3.57. The molecule has 0 aromatic rings. The van der Waals surface area contributed by atoms with Crippen LogP contribution in [0.5, 0.6) is 0 Å². The van der Waals surface area contributed by atoms with Gasteiger partial charge in [0.25, 0.3) is 10.2 Å². The molecule has 116 valence electrons. The molecule has 1 saturated carbocycles. The SMILES string of the molecule is CCC1(NS(=O)(=O)N(CCC#N)CCOC)CCCC1. The molecule has 20 heavy (non-hydrogen) atoms. The van der Waals surface area contributed by atoms with Crippen LogP contribution in [0.4, 0.5) is 0 Å². The zero-order chi connectivity index (χ0) is 15.1. The number of nitrogens with zero attached hydrogens (tertiary/aromatic N) is 2. The average molecular weight is 303 g/mol. The van der Waals surface area contributed by atoms with E-state index in [1.165, 1.54) is 11.4 Å². The van der Waals surface area contributed by atoms with Crippen molar-refractivity contribution in [3.8, 4) is 6.07 Å². The predicted octanol–water partition coefficient (Wildman–Crippen LogP) is 1.41. The van der Waals surface area contributed by atoms with Crippen molar-refractivity contribution in [3.63, 3.8) is 0 Å². The molecule has 0 bridgehead atoms. The Morgan fingerprint density at radius 3 is 2.50 bits per heavy atom. The van der Waals surface area contributed by atoms with Gasteiger partial charge in [0, 0.05) is 32.2 Å². The molecular weight excluding hydrogens is 278 g/mol. The minimum absolute atomic E-state index is 0.184. The molecule has 0 aliphatic heterocycles. The molecule has 0 spiro atoms. The third-order valence-electron chi connectivity index (χ3n) is 3.94. The van der Waals surface area contributed by atoms with Crippen LogP contribution in [0.2, 0.25) is 0 Å². The zero-order valence-corrected chi connectivity index (χ0v) is 13.2. The second-order valence-corrected chi connectivity index (χ2v) is 6.92. The van der Waals surface area contributed by atoms with Crippen molar-refractivity contribution in [1.82, 2.24) is 9.03 Å². The Hall–Kier alpha value is -0.680. The molecule has 1 N–H and O–H groups in total. The summed E-state index contributed by atoms with van der Waals surface area (Å²) in [4.78, 5) is 0. The highest BCUT2D eigenvalue weighted by atomic mass is 32.2. The van der Waals surface area contributed by atoms with E-state index in [2.05, 4.69) is 4.72 Å². The van der Waals surface area contributed by atoms with Crippen molar-refractivity contribution >= 4 is 10.2 Å². The van der Waals surface area contributed by atoms with E-state index in [0.717, 1.165) is 32.1 Å². The maximum atomic E-state index is 12.5. The molecule has 0 unspecified atom stereocenters. The highest BCUT2D eigenvalue weighted by molar-refractivity contribution is 7.87. The fourth-order valence-electron chi connectivity index (χ4n) is 2.64. The van der Waals surface area contributed by atoms with Crippen molar-refractivity contribution in [1.29, 1.82) is 5.26 Å². The summed E-state index contributed by atoms with van der Waals surface area (Å²) in [6, 6.07) is 1.99. The molecule has 6 nitrogen and oxygen atoms in total. The maximum absolute atomic E-state index is 12.5. The van der Waals surface area contributed by atoms with Gasteiger partial charge in [0.05, 0.1) is 12.7 Å². The van der Waals surface area contributed by atoms with E-state index < -0.39 is 10.2 Å².